The molecule has 1 aromatic heterocycles. The van der Waals surface area contributed by atoms with Crippen molar-refractivity contribution < 1.29 is 13.2 Å². The highest BCUT2D eigenvalue weighted by molar-refractivity contribution is 7.92. The summed E-state index contributed by atoms with van der Waals surface area (Å²) in [6.07, 6.45) is 1.54. The SMILES string of the molecule is CCOc1ccc(C(C)C)cc1S(=O)(=O)Nc1cccc2[nH]cnc12. The fraction of sp³-hybridized carbons (Fsp3) is 0.278. The molecule has 0 bridgehead atoms. The van der Waals surface area contributed by atoms with Crippen LogP contribution in [0.15, 0.2) is 47.6 Å². The van der Waals surface area contributed by atoms with Gasteiger partial charge in [0.2, 0.25) is 0 Å². The lowest BCUT2D eigenvalue weighted by atomic mass is 10.0. The topological polar surface area (TPSA) is 84.1 Å². The molecule has 0 saturated heterocycles. The Bertz CT molecular complexity index is 994. The first-order valence-electron chi connectivity index (χ1n) is 8.14. The van der Waals surface area contributed by atoms with E-state index in [-0.39, 0.29) is 10.8 Å². The van der Waals surface area contributed by atoms with Crippen molar-refractivity contribution in [3.63, 3.8) is 0 Å². The first-order valence-corrected chi connectivity index (χ1v) is 9.62. The predicted octanol–water partition coefficient (Wildman–Crippen LogP) is 3.89. The van der Waals surface area contributed by atoms with Gasteiger partial charge in [-0.1, -0.05) is 26.0 Å². The Morgan fingerprint density at radius 3 is 2.76 bits per heavy atom. The summed E-state index contributed by atoms with van der Waals surface area (Å²) in [7, 11) is -3.82. The number of hydrogen-bond donors (Lipinski definition) is 2. The number of anilines is 1. The average molecular weight is 359 g/mol. The number of imidazole rings is 1. The molecule has 2 aromatic carbocycles. The molecule has 0 atom stereocenters. The van der Waals surface area contributed by atoms with Crippen LogP contribution in [0.5, 0.6) is 5.75 Å². The monoisotopic (exact) mass is 359 g/mol. The number of H-pyrrole nitrogens is 1. The van der Waals surface area contributed by atoms with Crippen molar-refractivity contribution in [3.8, 4) is 5.75 Å². The van der Waals surface area contributed by atoms with Gasteiger partial charge in [0.05, 0.1) is 24.1 Å². The molecule has 0 aliphatic heterocycles. The minimum Gasteiger partial charge on any atom is -0.492 e. The summed E-state index contributed by atoms with van der Waals surface area (Å²) < 4.78 is 34.2. The second-order valence-electron chi connectivity index (χ2n) is 6.00. The third-order valence-corrected chi connectivity index (χ3v) is 5.30. The Morgan fingerprint density at radius 2 is 2.04 bits per heavy atom. The number of sulfonamides is 1. The maximum Gasteiger partial charge on any atom is 0.265 e. The molecule has 3 rings (SSSR count). The molecule has 0 spiro atoms. The molecule has 0 radical (unpaired) electrons. The Hall–Kier alpha value is -2.54. The summed E-state index contributed by atoms with van der Waals surface area (Å²) in [4.78, 5) is 7.29. The summed E-state index contributed by atoms with van der Waals surface area (Å²) in [5.74, 6) is 0.549. The van der Waals surface area contributed by atoms with Crippen LogP contribution in [-0.4, -0.2) is 25.0 Å². The summed E-state index contributed by atoms with van der Waals surface area (Å²) >= 11 is 0. The predicted molar refractivity (Wildman–Crippen MR) is 98.6 cm³/mol. The van der Waals surface area contributed by atoms with E-state index in [1.807, 2.05) is 32.9 Å². The lowest BCUT2D eigenvalue weighted by molar-refractivity contribution is 0.331. The normalized spacial score (nSPS) is 11.8. The van der Waals surface area contributed by atoms with Crippen LogP contribution >= 0.6 is 0 Å². The molecule has 0 amide bonds. The number of nitrogens with zero attached hydrogens (tertiary/aromatic N) is 1. The van der Waals surface area contributed by atoms with Gasteiger partial charge in [0.25, 0.3) is 10.0 Å². The maximum absolute atomic E-state index is 13.0. The van der Waals surface area contributed by atoms with Crippen LogP contribution in [0.1, 0.15) is 32.3 Å². The lowest BCUT2D eigenvalue weighted by Gasteiger charge is -2.15. The van der Waals surface area contributed by atoms with Crippen molar-refractivity contribution >= 4 is 26.7 Å². The second-order valence-corrected chi connectivity index (χ2v) is 7.65. The molecule has 132 valence electrons. The van der Waals surface area contributed by atoms with E-state index in [0.29, 0.717) is 23.6 Å². The molecule has 0 fully saturated rings. The van der Waals surface area contributed by atoms with E-state index >= 15 is 0 Å². The maximum atomic E-state index is 13.0. The molecule has 0 unspecified atom stereocenters. The van der Waals surface area contributed by atoms with Crippen molar-refractivity contribution in [1.82, 2.24) is 9.97 Å². The highest BCUT2D eigenvalue weighted by atomic mass is 32.2. The van der Waals surface area contributed by atoms with E-state index in [1.54, 1.807) is 24.3 Å². The standard InChI is InChI=1S/C18H21N3O3S/c1-4-24-16-9-8-13(12(2)3)10-17(16)25(22,23)21-15-7-5-6-14-18(15)20-11-19-14/h5-12,21H,4H2,1-3H3,(H,19,20). The van der Waals surface area contributed by atoms with Gasteiger partial charge in [-0.15, -0.1) is 0 Å². The molecular weight excluding hydrogens is 338 g/mol. The van der Waals surface area contributed by atoms with Crippen molar-refractivity contribution in [2.24, 2.45) is 0 Å². The highest BCUT2D eigenvalue weighted by Crippen LogP contribution is 2.31. The van der Waals surface area contributed by atoms with Gasteiger partial charge in [-0.3, -0.25) is 4.72 Å². The Balaban J connectivity index is 2.07. The van der Waals surface area contributed by atoms with Gasteiger partial charge in [0.1, 0.15) is 16.2 Å². The van der Waals surface area contributed by atoms with E-state index in [4.69, 9.17) is 4.74 Å². The quantitative estimate of drug-likeness (QED) is 0.699. The summed E-state index contributed by atoms with van der Waals surface area (Å²) in [6, 6.07) is 10.6. The number of fused-ring (bicyclic) bond motifs is 1. The van der Waals surface area contributed by atoms with Crippen LogP contribution in [-0.2, 0) is 10.0 Å². The van der Waals surface area contributed by atoms with Crippen molar-refractivity contribution in [3.05, 3.63) is 48.3 Å². The third-order valence-electron chi connectivity index (χ3n) is 3.92. The number of rotatable bonds is 6. The number of aromatic amines is 1. The van der Waals surface area contributed by atoms with Crippen molar-refractivity contribution in [2.75, 3.05) is 11.3 Å². The molecule has 0 aliphatic carbocycles. The van der Waals surface area contributed by atoms with Crippen LogP contribution in [0.2, 0.25) is 0 Å². The Labute approximate surface area is 147 Å². The van der Waals surface area contributed by atoms with Gasteiger partial charge < -0.3 is 9.72 Å². The van der Waals surface area contributed by atoms with E-state index < -0.39 is 10.0 Å². The average Bonchev–Trinajstić information content (AvgIpc) is 3.04. The number of aromatic nitrogens is 2. The molecule has 0 saturated carbocycles. The summed E-state index contributed by atoms with van der Waals surface area (Å²) in [5, 5.41) is 0. The number of nitrogens with one attached hydrogen (secondary N) is 2. The van der Waals surface area contributed by atoms with Gasteiger partial charge in [-0.25, -0.2) is 13.4 Å². The smallest absolute Gasteiger partial charge is 0.265 e. The van der Waals surface area contributed by atoms with E-state index in [1.165, 1.54) is 6.33 Å². The fourth-order valence-electron chi connectivity index (χ4n) is 2.62. The van der Waals surface area contributed by atoms with E-state index in [2.05, 4.69) is 14.7 Å². The molecule has 0 aliphatic rings. The zero-order valence-electron chi connectivity index (χ0n) is 14.4. The zero-order valence-corrected chi connectivity index (χ0v) is 15.2. The van der Waals surface area contributed by atoms with Crippen molar-refractivity contribution in [1.29, 1.82) is 0 Å². The third kappa shape index (κ3) is 3.46. The van der Waals surface area contributed by atoms with Gasteiger partial charge in [0.15, 0.2) is 0 Å². The molecule has 1 heterocycles. The number of ether oxygens (including phenoxy) is 1. The molecule has 7 heteroatoms. The molecule has 2 N–H and O–H groups in total. The first-order chi connectivity index (χ1) is 11.9. The van der Waals surface area contributed by atoms with Crippen LogP contribution in [0.4, 0.5) is 5.69 Å². The number of para-hydroxylation sites is 1. The van der Waals surface area contributed by atoms with Gasteiger partial charge >= 0.3 is 0 Å². The molecule has 25 heavy (non-hydrogen) atoms. The molecule has 6 nitrogen and oxygen atoms in total. The van der Waals surface area contributed by atoms with E-state index in [9.17, 15) is 8.42 Å². The number of benzene rings is 2. The van der Waals surface area contributed by atoms with Crippen LogP contribution < -0.4 is 9.46 Å². The van der Waals surface area contributed by atoms with Crippen molar-refractivity contribution in [2.45, 2.75) is 31.6 Å². The summed E-state index contributed by atoms with van der Waals surface area (Å²) in [6.45, 7) is 6.25. The van der Waals surface area contributed by atoms with Gasteiger partial charge in [0, 0.05) is 0 Å². The number of hydrogen-bond acceptors (Lipinski definition) is 4. The Kier molecular flexibility index (Phi) is 4.67. The summed E-state index contributed by atoms with van der Waals surface area (Å²) in [5.41, 5.74) is 2.70. The lowest BCUT2D eigenvalue weighted by Crippen LogP contribution is -2.15. The minimum absolute atomic E-state index is 0.132. The Morgan fingerprint density at radius 1 is 1.24 bits per heavy atom. The molecular formula is C18H21N3O3S. The molecule has 3 aromatic rings. The van der Waals surface area contributed by atoms with Gasteiger partial charge in [-0.2, -0.15) is 0 Å². The first kappa shape index (κ1) is 17.3. The second kappa shape index (κ2) is 6.76. The van der Waals surface area contributed by atoms with Crippen LogP contribution in [0, 0.1) is 0 Å². The largest absolute Gasteiger partial charge is 0.492 e. The van der Waals surface area contributed by atoms with Crippen LogP contribution in [0.3, 0.4) is 0 Å². The van der Waals surface area contributed by atoms with Crippen LogP contribution in [0.25, 0.3) is 11.0 Å². The highest BCUT2D eigenvalue weighted by Gasteiger charge is 2.22. The van der Waals surface area contributed by atoms with E-state index in [0.717, 1.165) is 11.1 Å². The minimum atomic E-state index is -3.82. The fourth-order valence-corrected chi connectivity index (χ4v) is 3.86. The zero-order chi connectivity index (χ0) is 18.0. The van der Waals surface area contributed by atoms with Gasteiger partial charge in [-0.05, 0) is 42.7 Å².